The number of nitrogens with one attached hydrogen (secondary N) is 1. The van der Waals surface area contributed by atoms with Crippen LogP contribution in [0.2, 0.25) is 0 Å². The van der Waals surface area contributed by atoms with Gasteiger partial charge in [0.2, 0.25) is 0 Å². The lowest BCUT2D eigenvalue weighted by molar-refractivity contribution is -0.0461. The van der Waals surface area contributed by atoms with Crippen molar-refractivity contribution in [3.63, 3.8) is 0 Å². The van der Waals surface area contributed by atoms with Crippen molar-refractivity contribution in [2.75, 3.05) is 25.1 Å². The maximum atomic E-state index is 5.28. The molecule has 14 heavy (non-hydrogen) atoms. The second-order valence-electron chi connectivity index (χ2n) is 4.21. The Morgan fingerprint density at radius 3 is 2.86 bits per heavy atom. The van der Waals surface area contributed by atoms with Crippen molar-refractivity contribution in [1.82, 2.24) is 0 Å². The van der Waals surface area contributed by atoms with Gasteiger partial charge in [0.1, 0.15) is 0 Å². The van der Waals surface area contributed by atoms with Gasteiger partial charge in [0.15, 0.2) is 0 Å². The number of anilines is 1. The molecular formula is C12H15NO. The fourth-order valence-electron chi connectivity index (χ4n) is 2.48. The van der Waals surface area contributed by atoms with Crippen LogP contribution in [0.5, 0.6) is 0 Å². The Hall–Kier alpha value is -1.02. The van der Waals surface area contributed by atoms with E-state index in [0.717, 1.165) is 31.6 Å². The Morgan fingerprint density at radius 2 is 2.07 bits per heavy atom. The van der Waals surface area contributed by atoms with Crippen LogP contribution < -0.4 is 5.32 Å². The summed E-state index contributed by atoms with van der Waals surface area (Å²) in [6, 6.07) is 8.68. The van der Waals surface area contributed by atoms with Crippen molar-refractivity contribution >= 4 is 5.69 Å². The van der Waals surface area contributed by atoms with Gasteiger partial charge in [0.25, 0.3) is 0 Å². The second-order valence-corrected chi connectivity index (χ2v) is 4.21. The standard InChI is InChI=1S/C12H15NO/c1-2-4-12-11(3-1)10(5-6-13-12)9-7-14-8-9/h1-4,9-10,13H,5-8H2/t10-/m0/s1. The van der Waals surface area contributed by atoms with Gasteiger partial charge in [-0.25, -0.2) is 0 Å². The summed E-state index contributed by atoms with van der Waals surface area (Å²) < 4.78 is 5.28. The highest BCUT2D eigenvalue weighted by atomic mass is 16.5. The number of fused-ring (bicyclic) bond motifs is 1. The van der Waals surface area contributed by atoms with Crippen LogP contribution in [0.1, 0.15) is 17.9 Å². The molecule has 1 fully saturated rings. The molecule has 0 aromatic heterocycles. The van der Waals surface area contributed by atoms with E-state index in [1.165, 1.54) is 17.7 Å². The van der Waals surface area contributed by atoms with Crippen molar-refractivity contribution < 1.29 is 4.74 Å². The van der Waals surface area contributed by atoms with Crippen LogP contribution in [0.25, 0.3) is 0 Å². The zero-order valence-corrected chi connectivity index (χ0v) is 8.20. The maximum Gasteiger partial charge on any atom is 0.0522 e. The molecule has 3 rings (SSSR count). The zero-order valence-electron chi connectivity index (χ0n) is 8.20. The van der Waals surface area contributed by atoms with Gasteiger partial charge in [0, 0.05) is 18.2 Å². The number of hydrogen-bond donors (Lipinski definition) is 1. The predicted molar refractivity (Wildman–Crippen MR) is 56.6 cm³/mol. The van der Waals surface area contributed by atoms with Crippen LogP contribution in [0.3, 0.4) is 0 Å². The van der Waals surface area contributed by atoms with Crippen LogP contribution in [-0.2, 0) is 4.74 Å². The first kappa shape index (κ1) is 8.30. The summed E-state index contributed by atoms with van der Waals surface area (Å²) in [4.78, 5) is 0. The largest absolute Gasteiger partial charge is 0.385 e. The first-order valence-electron chi connectivity index (χ1n) is 5.36. The van der Waals surface area contributed by atoms with Gasteiger partial charge in [-0.15, -0.1) is 0 Å². The summed E-state index contributed by atoms with van der Waals surface area (Å²) in [6.45, 7) is 3.02. The summed E-state index contributed by atoms with van der Waals surface area (Å²) in [6.07, 6.45) is 1.25. The molecule has 2 aliphatic heterocycles. The molecule has 1 aromatic rings. The average Bonchev–Trinajstić information content (AvgIpc) is 2.16. The molecule has 1 N–H and O–H groups in total. The van der Waals surface area contributed by atoms with Crippen molar-refractivity contribution in [1.29, 1.82) is 0 Å². The molecule has 2 heterocycles. The fraction of sp³-hybridized carbons (Fsp3) is 0.500. The second kappa shape index (κ2) is 3.28. The van der Waals surface area contributed by atoms with Crippen molar-refractivity contribution in [2.24, 2.45) is 5.92 Å². The average molecular weight is 189 g/mol. The molecule has 2 nitrogen and oxygen atoms in total. The van der Waals surface area contributed by atoms with Crippen LogP contribution in [0.15, 0.2) is 24.3 Å². The van der Waals surface area contributed by atoms with Gasteiger partial charge in [-0.05, 0) is 24.0 Å². The number of benzene rings is 1. The van der Waals surface area contributed by atoms with Gasteiger partial charge < -0.3 is 10.1 Å². The highest BCUT2D eigenvalue weighted by molar-refractivity contribution is 5.54. The Labute approximate surface area is 84.3 Å². The first-order chi connectivity index (χ1) is 6.95. The molecule has 74 valence electrons. The van der Waals surface area contributed by atoms with Crippen LogP contribution >= 0.6 is 0 Å². The molecule has 2 aliphatic rings. The van der Waals surface area contributed by atoms with Gasteiger partial charge >= 0.3 is 0 Å². The molecule has 0 amide bonds. The van der Waals surface area contributed by atoms with Crippen molar-refractivity contribution in [2.45, 2.75) is 12.3 Å². The monoisotopic (exact) mass is 189 g/mol. The van der Waals surface area contributed by atoms with E-state index in [1.54, 1.807) is 0 Å². The first-order valence-corrected chi connectivity index (χ1v) is 5.36. The Bertz CT molecular complexity index is 333. The van der Waals surface area contributed by atoms with Crippen molar-refractivity contribution in [3.8, 4) is 0 Å². The molecule has 0 bridgehead atoms. The van der Waals surface area contributed by atoms with Gasteiger partial charge in [-0.1, -0.05) is 18.2 Å². The van der Waals surface area contributed by atoms with E-state index in [4.69, 9.17) is 4.74 Å². The number of para-hydroxylation sites is 1. The van der Waals surface area contributed by atoms with Crippen LogP contribution in [0, 0.1) is 5.92 Å². The van der Waals surface area contributed by atoms with E-state index < -0.39 is 0 Å². The van der Waals surface area contributed by atoms with E-state index in [-0.39, 0.29) is 0 Å². The maximum absolute atomic E-state index is 5.28. The minimum Gasteiger partial charge on any atom is -0.385 e. The van der Waals surface area contributed by atoms with E-state index >= 15 is 0 Å². The minimum atomic E-state index is 0.723. The molecule has 0 aliphatic carbocycles. The summed E-state index contributed by atoms with van der Waals surface area (Å²) in [5.41, 5.74) is 2.82. The van der Waals surface area contributed by atoms with Gasteiger partial charge in [-0.2, -0.15) is 0 Å². The highest BCUT2D eigenvalue weighted by Crippen LogP contribution is 2.39. The lowest BCUT2D eigenvalue weighted by Gasteiger charge is -2.37. The minimum absolute atomic E-state index is 0.723. The molecule has 0 spiro atoms. The summed E-state index contributed by atoms with van der Waals surface area (Å²) in [5.74, 6) is 1.49. The molecule has 2 heteroatoms. The third-order valence-corrected chi connectivity index (χ3v) is 3.36. The van der Waals surface area contributed by atoms with Gasteiger partial charge in [0.05, 0.1) is 13.2 Å². The van der Waals surface area contributed by atoms with E-state index in [1.807, 2.05) is 0 Å². The Kier molecular flexibility index (Phi) is 1.95. The lowest BCUT2D eigenvalue weighted by atomic mass is 9.80. The molecule has 1 saturated heterocycles. The molecule has 0 radical (unpaired) electrons. The van der Waals surface area contributed by atoms with E-state index in [2.05, 4.69) is 29.6 Å². The number of ether oxygens (including phenoxy) is 1. The Balaban J connectivity index is 1.93. The van der Waals surface area contributed by atoms with Crippen LogP contribution in [-0.4, -0.2) is 19.8 Å². The molecule has 1 atom stereocenters. The topological polar surface area (TPSA) is 21.3 Å². The fourth-order valence-corrected chi connectivity index (χ4v) is 2.48. The van der Waals surface area contributed by atoms with E-state index in [0.29, 0.717) is 0 Å². The third-order valence-electron chi connectivity index (χ3n) is 3.36. The summed E-state index contributed by atoms with van der Waals surface area (Å²) >= 11 is 0. The predicted octanol–water partition coefficient (Wildman–Crippen LogP) is 2.23. The molecule has 0 unspecified atom stereocenters. The quantitative estimate of drug-likeness (QED) is 0.731. The smallest absolute Gasteiger partial charge is 0.0522 e. The summed E-state index contributed by atoms with van der Waals surface area (Å²) in [7, 11) is 0. The van der Waals surface area contributed by atoms with Crippen LogP contribution in [0.4, 0.5) is 5.69 Å². The lowest BCUT2D eigenvalue weighted by Crippen LogP contribution is -2.35. The molecule has 0 saturated carbocycles. The molecule has 1 aromatic carbocycles. The molecular weight excluding hydrogens is 174 g/mol. The normalized spacial score (nSPS) is 26.1. The van der Waals surface area contributed by atoms with E-state index in [9.17, 15) is 0 Å². The number of hydrogen-bond acceptors (Lipinski definition) is 2. The highest BCUT2D eigenvalue weighted by Gasteiger charge is 2.32. The number of rotatable bonds is 1. The SMILES string of the molecule is c1ccc2c(c1)NCC[C@H]2C1COC1. The summed E-state index contributed by atoms with van der Waals surface area (Å²) in [5, 5.41) is 3.45. The van der Waals surface area contributed by atoms with Gasteiger partial charge in [-0.3, -0.25) is 0 Å². The Morgan fingerprint density at radius 1 is 1.21 bits per heavy atom. The third kappa shape index (κ3) is 1.22. The zero-order chi connectivity index (χ0) is 9.38. The van der Waals surface area contributed by atoms with Crippen molar-refractivity contribution in [3.05, 3.63) is 29.8 Å².